The average Bonchev–Trinajstić information content (AvgIpc) is 3.34. The molecular formula is C21H18N6. The highest BCUT2D eigenvalue weighted by atomic mass is 15.3. The maximum absolute atomic E-state index is 4.85. The van der Waals surface area contributed by atoms with Crippen molar-refractivity contribution in [1.29, 1.82) is 0 Å². The minimum absolute atomic E-state index is 0.158. The zero-order valence-corrected chi connectivity index (χ0v) is 14.9. The van der Waals surface area contributed by atoms with E-state index >= 15 is 0 Å². The van der Waals surface area contributed by atoms with Crippen molar-refractivity contribution >= 4 is 16.7 Å². The van der Waals surface area contributed by atoms with E-state index in [0.717, 1.165) is 34.6 Å². The molecule has 0 bridgehead atoms. The SMILES string of the molecule is CC[C@H](c1ccccc1)c1nc2c3cnn(-c4ccccc4)c3ncn2n1. The van der Waals surface area contributed by atoms with Gasteiger partial charge in [-0.25, -0.2) is 19.2 Å². The number of benzene rings is 2. The first-order valence-corrected chi connectivity index (χ1v) is 9.04. The van der Waals surface area contributed by atoms with Crippen molar-refractivity contribution < 1.29 is 0 Å². The number of hydrogen-bond donors (Lipinski definition) is 0. The number of para-hydroxylation sites is 1. The molecule has 0 amide bonds. The normalized spacial score (nSPS) is 12.6. The molecule has 0 saturated heterocycles. The summed E-state index contributed by atoms with van der Waals surface area (Å²) in [5.41, 5.74) is 3.76. The van der Waals surface area contributed by atoms with E-state index in [0.29, 0.717) is 0 Å². The second kappa shape index (κ2) is 6.32. The molecule has 0 N–H and O–H groups in total. The van der Waals surface area contributed by atoms with Gasteiger partial charge in [-0.15, -0.1) is 5.10 Å². The molecule has 27 heavy (non-hydrogen) atoms. The lowest BCUT2D eigenvalue weighted by molar-refractivity contribution is 0.711. The van der Waals surface area contributed by atoms with Crippen LogP contribution < -0.4 is 0 Å². The fourth-order valence-electron chi connectivity index (χ4n) is 3.50. The van der Waals surface area contributed by atoms with Gasteiger partial charge in [0.2, 0.25) is 0 Å². The fraction of sp³-hybridized carbons (Fsp3) is 0.143. The van der Waals surface area contributed by atoms with Crippen LogP contribution in [0, 0.1) is 0 Å². The molecule has 2 aromatic carbocycles. The van der Waals surface area contributed by atoms with Crippen molar-refractivity contribution in [1.82, 2.24) is 29.4 Å². The third-order valence-electron chi connectivity index (χ3n) is 4.84. The third kappa shape index (κ3) is 2.57. The molecule has 0 saturated carbocycles. The lowest BCUT2D eigenvalue weighted by Crippen LogP contribution is -2.02. The Labute approximate surface area is 156 Å². The van der Waals surface area contributed by atoms with Gasteiger partial charge in [0.15, 0.2) is 17.1 Å². The maximum Gasteiger partial charge on any atom is 0.170 e. The first kappa shape index (κ1) is 15.7. The summed E-state index contributed by atoms with van der Waals surface area (Å²) in [6.07, 6.45) is 4.46. The summed E-state index contributed by atoms with van der Waals surface area (Å²) in [4.78, 5) is 9.43. The van der Waals surface area contributed by atoms with Crippen molar-refractivity contribution in [3.05, 3.63) is 84.6 Å². The van der Waals surface area contributed by atoms with E-state index in [4.69, 9.17) is 10.1 Å². The molecule has 0 radical (unpaired) electrons. The van der Waals surface area contributed by atoms with E-state index in [1.807, 2.05) is 47.3 Å². The molecule has 3 heterocycles. The van der Waals surface area contributed by atoms with E-state index in [1.54, 1.807) is 10.8 Å². The van der Waals surface area contributed by atoms with Gasteiger partial charge in [-0.1, -0.05) is 55.5 Å². The van der Waals surface area contributed by atoms with Crippen molar-refractivity contribution in [2.24, 2.45) is 0 Å². The molecule has 3 aromatic heterocycles. The van der Waals surface area contributed by atoms with Gasteiger partial charge >= 0.3 is 0 Å². The van der Waals surface area contributed by atoms with Gasteiger partial charge in [-0.3, -0.25) is 0 Å². The molecule has 6 nitrogen and oxygen atoms in total. The van der Waals surface area contributed by atoms with Crippen LogP contribution in [0.1, 0.15) is 30.7 Å². The Bertz CT molecular complexity index is 1210. The van der Waals surface area contributed by atoms with Crippen molar-refractivity contribution in [3.8, 4) is 5.69 Å². The van der Waals surface area contributed by atoms with Gasteiger partial charge < -0.3 is 0 Å². The number of hydrogen-bond acceptors (Lipinski definition) is 4. The van der Waals surface area contributed by atoms with Crippen LogP contribution in [0.4, 0.5) is 0 Å². The molecule has 0 fully saturated rings. The summed E-state index contributed by atoms with van der Waals surface area (Å²) in [7, 11) is 0. The lowest BCUT2D eigenvalue weighted by Gasteiger charge is -2.10. The molecular weight excluding hydrogens is 336 g/mol. The Morgan fingerprint density at radius 3 is 2.41 bits per heavy atom. The molecule has 0 aliphatic heterocycles. The first-order valence-electron chi connectivity index (χ1n) is 9.04. The molecule has 5 aromatic rings. The van der Waals surface area contributed by atoms with E-state index in [9.17, 15) is 0 Å². The van der Waals surface area contributed by atoms with E-state index in [2.05, 4.69) is 41.3 Å². The fourth-order valence-corrected chi connectivity index (χ4v) is 3.50. The molecule has 0 unspecified atom stereocenters. The number of fused-ring (bicyclic) bond motifs is 3. The Kier molecular flexibility index (Phi) is 3.67. The molecule has 0 spiro atoms. The lowest BCUT2D eigenvalue weighted by atomic mass is 9.96. The van der Waals surface area contributed by atoms with E-state index in [1.165, 1.54) is 5.56 Å². The summed E-state index contributed by atoms with van der Waals surface area (Å²) in [6, 6.07) is 20.4. The molecule has 1 atom stereocenters. The standard InChI is InChI=1S/C21H18N6/c1-2-17(15-9-5-3-6-10-15)19-24-21-18-13-23-27(16-11-7-4-8-12-16)20(18)22-14-26(21)25-19/h3-14,17H,2H2,1H3/t17-/m1/s1. The third-order valence-corrected chi connectivity index (χ3v) is 4.84. The average molecular weight is 354 g/mol. The Balaban J connectivity index is 1.66. The second-order valence-corrected chi connectivity index (χ2v) is 6.48. The summed E-state index contributed by atoms with van der Waals surface area (Å²) in [5, 5.41) is 10.1. The van der Waals surface area contributed by atoms with Crippen molar-refractivity contribution in [3.63, 3.8) is 0 Å². The zero-order chi connectivity index (χ0) is 18.2. The van der Waals surface area contributed by atoms with Crippen LogP contribution in [0.3, 0.4) is 0 Å². The molecule has 5 rings (SSSR count). The minimum atomic E-state index is 0.158. The van der Waals surface area contributed by atoms with Crippen LogP contribution in [-0.2, 0) is 0 Å². The largest absolute Gasteiger partial charge is 0.216 e. The van der Waals surface area contributed by atoms with E-state index < -0.39 is 0 Å². The van der Waals surface area contributed by atoms with Gasteiger partial charge in [0, 0.05) is 5.92 Å². The van der Waals surface area contributed by atoms with E-state index in [-0.39, 0.29) is 5.92 Å². The second-order valence-electron chi connectivity index (χ2n) is 6.48. The van der Waals surface area contributed by atoms with Crippen LogP contribution >= 0.6 is 0 Å². The Morgan fingerprint density at radius 1 is 0.926 bits per heavy atom. The van der Waals surface area contributed by atoms with Gasteiger partial charge in [0.05, 0.1) is 17.3 Å². The van der Waals surface area contributed by atoms with Gasteiger partial charge in [0.25, 0.3) is 0 Å². The van der Waals surface area contributed by atoms with Crippen LogP contribution in [0.25, 0.3) is 22.4 Å². The molecule has 6 heteroatoms. The molecule has 0 aliphatic rings. The maximum atomic E-state index is 4.85. The van der Waals surface area contributed by atoms with Crippen LogP contribution in [0.5, 0.6) is 0 Å². The highest BCUT2D eigenvalue weighted by Crippen LogP contribution is 2.27. The van der Waals surface area contributed by atoms with Gasteiger partial charge in [0.1, 0.15) is 6.33 Å². The van der Waals surface area contributed by atoms with Crippen molar-refractivity contribution in [2.75, 3.05) is 0 Å². The molecule has 0 aliphatic carbocycles. The number of nitrogens with zero attached hydrogens (tertiary/aromatic N) is 6. The van der Waals surface area contributed by atoms with Gasteiger partial charge in [-0.2, -0.15) is 5.10 Å². The smallest absolute Gasteiger partial charge is 0.170 e. The van der Waals surface area contributed by atoms with Crippen molar-refractivity contribution in [2.45, 2.75) is 19.3 Å². The number of aromatic nitrogens is 6. The monoisotopic (exact) mass is 354 g/mol. The zero-order valence-electron chi connectivity index (χ0n) is 14.9. The van der Waals surface area contributed by atoms with Crippen LogP contribution in [-0.4, -0.2) is 29.4 Å². The topological polar surface area (TPSA) is 60.9 Å². The highest BCUT2D eigenvalue weighted by Gasteiger charge is 2.19. The predicted octanol–water partition coefficient (Wildman–Crippen LogP) is 4.01. The number of rotatable bonds is 4. The molecule has 132 valence electrons. The van der Waals surface area contributed by atoms with Gasteiger partial charge in [-0.05, 0) is 24.1 Å². The van der Waals surface area contributed by atoms with Crippen LogP contribution in [0.15, 0.2) is 73.2 Å². The Hall–Kier alpha value is -3.54. The quantitative estimate of drug-likeness (QED) is 0.489. The predicted molar refractivity (Wildman–Crippen MR) is 104 cm³/mol. The summed E-state index contributed by atoms with van der Waals surface area (Å²) in [6.45, 7) is 2.16. The summed E-state index contributed by atoms with van der Waals surface area (Å²) < 4.78 is 3.58. The summed E-state index contributed by atoms with van der Waals surface area (Å²) >= 11 is 0. The highest BCUT2D eigenvalue weighted by molar-refractivity contribution is 5.89. The van der Waals surface area contributed by atoms with Crippen LogP contribution in [0.2, 0.25) is 0 Å². The first-order chi connectivity index (χ1) is 13.3. The minimum Gasteiger partial charge on any atom is -0.216 e. The Morgan fingerprint density at radius 2 is 1.67 bits per heavy atom. The summed E-state index contributed by atoms with van der Waals surface area (Å²) in [5.74, 6) is 0.968.